The summed E-state index contributed by atoms with van der Waals surface area (Å²) >= 11 is 7.41. The van der Waals surface area contributed by atoms with Gasteiger partial charge in [0.1, 0.15) is 0 Å². The number of amides is 1. The Hall–Kier alpha value is -0.670. The molecule has 1 aliphatic heterocycles. The summed E-state index contributed by atoms with van der Waals surface area (Å²) in [6.07, 6.45) is 0. The summed E-state index contributed by atoms with van der Waals surface area (Å²) in [5.74, 6) is 2.33. The fourth-order valence-electron chi connectivity index (χ4n) is 1.56. The van der Waals surface area contributed by atoms with E-state index in [9.17, 15) is 4.79 Å². The number of thioether (sulfide) groups is 1. The van der Waals surface area contributed by atoms with E-state index < -0.39 is 0 Å². The Morgan fingerprint density at radius 3 is 2.67 bits per heavy atom. The molecule has 1 heterocycles. The molecule has 1 aliphatic rings. The predicted molar refractivity (Wildman–Crippen MR) is 65.7 cm³/mol. The summed E-state index contributed by atoms with van der Waals surface area (Å²) in [7, 11) is 0. The molecule has 1 aromatic rings. The van der Waals surface area contributed by atoms with Crippen LogP contribution in [0.15, 0.2) is 24.3 Å². The fourth-order valence-corrected chi connectivity index (χ4v) is 2.52. The molecule has 0 saturated carbocycles. The van der Waals surface area contributed by atoms with Crippen LogP contribution in [-0.2, 0) is 10.7 Å². The third-order valence-electron chi connectivity index (χ3n) is 2.39. The molecule has 0 atom stereocenters. The second-order valence-electron chi connectivity index (χ2n) is 3.40. The summed E-state index contributed by atoms with van der Waals surface area (Å²) in [4.78, 5) is 13.5. The lowest BCUT2D eigenvalue weighted by Crippen LogP contribution is -2.38. The third-order valence-corrected chi connectivity index (χ3v) is 3.62. The van der Waals surface area contributed by atoms with E-state index >= 15 is 0 Å². The Bertz CT molecular complexity index is 352. The molecule has 4 heteroatoms. The minimum Gasteiger partial charge on any atom is -0.311 e. The van der Waals surface area contributed by atoms with Crippen molar-refractivity contribution >= 4 is 35.0 Å². The van der Waals surface area contributed by atoms with Gasteiger partial charge in [0.2, 0.25) is 5.91 Å². The van der Waals surface area contributed by atoms with Crippen LogP contribution in [0.1, 0.15) is 5.56 Å². The van der Waals surface area contributed by atoms with Gasteiger partial charge in [-0.1, -0.05) is 12.1 Å². The molecule has 1 saturated heterocycles. The topological polar surface area (TPSA) is 20.3 Å². The normalized spacial score (nSPS) is 16.9. The maximum absolute atomic E-state index is 11.6. The first-order valence-electron chi connectivity index (χ1n) is 4.84. The van der Waals surface area contributed by atoms with E-state index in [1.807, 2.05) is 29.2 Å². The zero-order chi connectivity index (χ0) is 10.7. The zero-order valence-corrected chi connectivity index (χ0v) is 9.85. The van der Waals surface area contributed by atoms with Crippen LogP contribution in [0, 0.1) is 0 Å². The number of carbonyl (C=O) groups excluding carboxylic acids is 1. The van der Waals surface area contributed by atoms with Crippen LogP contribution in [-0.4, -0.2) is 24.0 Å². The summed E-state index contributed by atoms with van der Waals surface area (Å²) in [6.45, 7) is 0.809. The lowest BCUT2D eigenvalue weighted by atomic mass is 10.2. The van der Waals surface area contributed by atoms with Crippen LogP contribution in [0.3, 0.4) is 0 Å². The highest BCUT2D eigenvalue weighted by atomic mass is 35.5. The fraction of sp³-hybridized carbons (Fsp3) is 0.364. The Balaban J connectivity index is 2.17. The van der Waals surface area contributed by atoms with Crippen molar-refractivity contribution in [2.24, 2.45) is 0 Å². The van der Waals surface area contributed by atoms with Crippen LogP contribution < -0.4 is 4.90 Å². The van der Waals surface area contributed by atoms with E-state index in [4.69, 9.17) is 11.6 Å². The van der Waals surface area contributed by atoms with E-state index in [-0.39, 0.29) is 5.91 Å². The number of halogens is 1. The second kappa shape index (κ2) is 4.90. The number of carbonyl (C=O) groups is 1. The van der Waals surface area contributed by atoms with Crippen molar-refractivity contribution in [3.63, 3.8) is 0 Å². The first kappa shape index (κ1) is 10.8. The molecule has 0 aromatic heterocycles. The van der Waals surface area contributed by atoms with Gasteiger partial charge in [0.05, 0.1) is 5.75 Å². The van der Waals surface area contributed by atoms with Crippen molar-refractivity contribution in [2.75, 3.05) is 23.0 Å². The number of rotatable bonds is 2. The van der Waals surface area contributed by atoms with E-state index in [0.29, 0.717) is 11.6 Å². The first-order valence-corrected chi connectivity index (χ1v) is 6.53. The third kappa shape index (κ3) is 2.47. The van der Waals surface area contributed by atoms with Gasteiger partial charge in [0.15, 0.2) is 0 Å². The highest BCUT2D eigenvalue weighted by molar-refractivity contribution is 8.00. The van der Waals surface area contributed by atoms with Crippen molar-refractivity contribution < 1.29 is 4.79 Å². The summed E-state index contributed by atoms with van der Waals surface area (Å²) in [5.41, 5.74) is 2.06. The standard InChI is InChI=1S/C11H12ClNOS/c12-7-9-1-3-10(4-2-9)13-5-6-15-8-11(13)14/h1-4H,5-8H2. The molecule has 0 N–H and O–H groups in total. The minimum atomic E-state index is 0.199. The first-order chi connectivity index (χ1) is 7.31. The van der Waals surface area contributed by atoms with Gasteiger partial charge in [-0.2, -0.15) is 11.8 Å². The van der Waals surface area contributed by atoms with Crippen LogP contribution in [0.25, 0.3) is 0 Å². The van der Waals surface area contributed by atoms with Crippen LogP contribution in [0.5, 0.6) is 0 Å². The van der Waals surface area contributed by atoms with Gasteiger partial charge < -0.3 is 4.90 Å². The number of benzene rings is 1. The molecule has 2 nitrogen and oxygen atoms in total. The Kier molecular flexibility index (Phi) is 3.54. The number of alkyl halides is 1. The van der Waals surface area contributed by atoms with Crippen molar-refractivity contribution in [1.29, 1.82) is 0 Å². The molecule has 0 unspecified atom stereocenters. The predicted octanol–water partition coefficient (Wildman–Crippen LogP) is 2.51. The van der Waals surface area contributed by atoms with Crippen LogP contribution in [0.4, 0.5) is 5.69 Å². The smallest absolute Gasteiger partial charge is 0.237 e. The van der Waals surface area contributed by atoms with Crippen molar-refractivity contribution in [1.82, 2.24) is 0 Å². The molecular weight excluding hydrogens is 230 g/mol. The van der Waals surface area contributed by atoms with Gasteiger partial charge in [0.25, 0.3) is 0 Å². The number of hydrogen-bond donors (Lipinski definition) is 0. The van der Waals surface area contributed by atoms with E-state index in [1.54, 1.807) is 11.8 Å². The molecule has 0 radical (unpaired) electrons. The van der Waals surface area contributed by atoms with E-state index in [1.165, 1.54) is 0 Å². The minimum absolute atomic E-state index is 0.199. The van der Waals surface area contributed by atoms with Gasteiger partial charge >= 0.3 is 0 Å². The SMILES string of the molecule is O=C1CSCCN1c1ccc(CCl)cc1. The maximum Gasteiger partial charge on any atom is 0.237 e. The molecule has 2 rings (SSSR count). The second-order valence-corrected chi connectivity index (χ2v) is 4.77. The molecular formula is C11H12ClNOS. The zero-order valence-electron chi connectivity index (χ0n) is 8.28. The quantitative estimate of drug-likeness (QED) is 0.742. The number of nitrogens with zero attached hydrogens (tertiary/aromatic N) is 1. The Morgan fingerprint density at radius 2 is 2.07 bits per heavy atom. The number of hydrogen-bond acceptors (Lipinski definition) is 2. The van der Waals surface area contributed by atoms with Crippen molar-refractivity contribution in [3.8, 4) is 0 Å². The number of anilines is 1. The highest BCUT2D eigenvalue weighted by Gasteiger charge is 2.19. The van der Waals surface area contributed by atoms with Gasteiger partial charge in [-0.15, -0.1) is 11.6 Å². The van der Waals surface area contributed by atoms with Crippen LogP contribution in [0.2, 0.25) is 0 Å². The van der Waals surface area contributed by atoms with Crippen LogP contribution >= 0.6 is 23.4 Å². The van der Waals surface area contributed by atoms with Gasteiger partial charge in [0, 0.05) is 23.9 Å². The lowest BCUT2D eigenvalue weighted by Gasteiger charge is -2.26. The molecule has 1 aromatic carbocycles. The Morgan fingerprint density at radius 1 is 1.33 bits per heavy atom. The average molecular weight is 242 g/mol. The highest BCUT2D eigenvalue weighted by Crippen LogP contribution is 2.21. The molecule has 15 heavy (non-hydrogen) atoms. The largest absolute Gasteiger partial charge is 0.311 e. The van der Waals surface area contributed by atoms with Gasteiger partial charge in [-0.05, 0) is 17.7 Å². The van der Waals surface area contributed by atoms with Crippen molar-refractivity contribution in [3.05, 3.63) is 29.8 Å². The summed E-state index contributed by atoms with van der Waals surface area (Å²) < 4.78 is 0. The molecule has 0 aliphatic carbocycles. The van der Waals surface area contributed by atoms with E-state index in [0.717, 1.165) is 23.5 Å². The molecule has 0 spiro atoms. The molecule has 80 valence electrons. The molecule has 1 fully saturated rings. The summed E-state index contributed by atoms with van der Waals surface area (Å²) in [6, 6.07) is 7.87. The Labute approximate surface area is 98.6 Å². The van der Waals surface area contributed by atoms with E-state index in [2.05, 4.69) is 0 Å². The van der Waals surface area contributed by atoms with Crippen molar-refractivity contribution in [2.45, 2.75) is 5.88 Å². The lowest BCUT2D eigenvalue weighted by molar-refractivity contribution is -0.116. The molecule has 1 amide bonds. The summed E-state index contributed by atoms with van der Waals surface area (Å²) in [5, 5.41) is 0. The average Bonchev–Trinajstić information content (AvgIpc) is 2.30. The van der Waals surface area contributed by atoms with Gasteiger partial charge in [-0.3, -0.25) is 4.79 Å². The van der Waals surface area contributed by atoms with Gasteiger partial charge in [-0.25, -0.2) is 0 Å². The molecule has 0 bridgehead atoms. The monoisotopic (exact) mass is 241 g/mol. The maximum atomic E-state index is 11.6.